The zero-order valence-corrected chi connectivity index (χ0v) is 7.76. The second-order valence-electron chi connectivity index (χ2n) is 4.16. The molecule has 1 fully saturated rings. The molecule has 1 saturated carbocycles. The van der Waals surface area contributed by atoms with Crippen molar-refractivity contribution in [2.24, 2.45) is 5.92 Å². The van der Waals surface area contributed by atoms with Gasteiger partial charge in [-0.25, -0.2) is 0 Å². The second-order valence-corrected chi connectivity index (χ2v) is 4.16. The maximum absolute atomic E-state index is 11.2. The highest BCUT2D eigenvalue weighted by molar-refractivity contribution is 5.79. The van der Waals surface area contributed by atoms with Crippen molar-refractivity contribution in [1.29, 1.82) is 0 Å². The van der Waals surface area contributed by atoms with Crippen molar-refractivity contribution in [3.8, 4) is 0 Å². The van der Waals surface area contributed by atoms with Crippen LogP contribution in [0.4, 0.5) is 0 Å². The molecular formula is C9H17NO2. The standard InChI is InChI=1S/C9H17NO2/c1-9(2,12)6-10-8(11)7-4-3-5-7/h7,12H,3-6H2,1-2H3,(H,10,11). The van der Waals surface area contributed by atoms with Gasteiger partial charge in [-0.3, -0.25) is 4.79 Å². The molecule has 0 aromatic rings. The normalized spacial score (nSPS) is 18.6. The Kier molecular flexibility index (Phi) is 2.73. The fraction of sp³-hybridized carbons (Fsp3) is 0.889. The minimum atomic E-state index is -0.792. The van der Waals surface area contributed by atoms with Gasteiger partial charge in [0, 0.05) is 12.5 Å². The van der Waals surface area contributed by atoms with E-state index in [1.807, 2.05) is 0 Å². The monoisotopic (exact) mass is 171 g/mol. The first kappa shape index (κ1) is 9.52. The summed E-state index contributed by atoms with van der Waals surface area (Å²) in [6, 6.07) is 0. The molecule has 0 aliphatic heterocycles. The zero-order chi connectivity index (χ0) is 9.19. The molecule has 0 aromatic carbocycles. The molecule has 3 heteroatoms. The minimum Gasteiger partial charge on any atom is -0.389 e. The van der Waals surface area contributed by atoms with E-state index in [-0.39, 0.29) is 11.8 Å². The summed E-state index contributed by atoms with van der Waals surface area (Å²) in [5, 5.41) is 12.1. The van der Waals surface area contributed by atoms with Crippen LogP contribution in [0.15, 0.2) is 0 Å². The molecule has 0 spiro atoms. The third-order valence-corrected chi connectivity index (χ3v) is 2.17. The predicted molar refractivity (Wildman–Crippen MR) is 46.6 cm³/mol. The zero-order valence-electron chi connectivity index (χ0n) is 7.76. The highest BCUT2D eigenvalue weighted by atomic mass is 16.3. The summed E-state index contributed by atoms with van der Waals surface area (Å²) in [7, 11) is 0. The Bertz CT molecular complexity index is 168. The van der Waals surface area contributed by atoms with Crippen LogP contribution >= 0.6 is 0 Å². The topological polar surface area (TPSA) is 49.3 Å². The van der Waals surface area contributed by atoms with Crippen molar-refractivity contribution in [2.45, 2.75) is 38.7 Å². The Balaban J connectivity index is 2.18. The summed E-state index contributed by atoms with van der Waals surface area (Å²) >= 11 is 0. The predicted octanol–water partition coefficient (Wildman–Crippen LogP) is 0.674. The van der Waals surface area contributed by atoms with Gasteiger partial charge in [-0.05, 0) is 26.7 Å². The maximum atomic E-state index is 11.2. The van der Waals surface area contributed by atoms with Crippen molar-refractivity contribution in [2.75, 3.05) is 6.54 Å². The van der Waals surface area contributed by atoms with Crippen molar-refractivity contribution in [3.05, 3.63) is 0 Å². The summed E-state index contributed by atoms with van der Waals surface area (Å²) in [5.41, 5.74) is -0.792. The third-order valence-electron chi connectivity index (χ3n) is 2.17. The number of hydrogen-bond acceptors (Lipinski definition) is 2. The molecule has 1 aliphatic carbocycles. The molecule has 0 radical (unpaired) electrons. The number of amides is 1. The van der Waals surface area contributed by atoms with E-state index in [1.165, 1.54) is 6.42 Å². The van der Waals surface area contributed by atoms with Crippen LogP contribution in [0.1, 0.15) is 33.1 Å². The molecule has 0 atom stereocenters. The largest absolute Gasteiger partial charge is 0.389 e. The van der Waals surface area contributed by atoms with E-state index >= 15 is 0 Å². The smallest absolute Gasteiger partial charge is 0.223 e. The molecular weight excluding hydrogens is 154 g/mol. The molecule has 2 N–H and O–H groups in total. The molecule has 1 rings (SSSR count). The Morgan fingerprint density at radius 2 is 2.17 bits per heavy atom. The van der Waals surface area contributed by atoms with Crippen molar-refractivity contribution in [3.63, 3.8) is 0 Å². The summed E-state index contributed by atoms with van der Waals surface area (Å²) in [5.74, 6) is 0.315. The molecule has 0 unspecified atom stereocenters. The van der Waals surface area contributed by atoms with Gasteiger partial charge in [0.25, 0.3) is 0 Å². The van der Waals surface area contributed by atoms with Crippen LogP contribution in [0, 0.1) is 5.92 Å². The fourth-order valence-electron chi connectivity index (χ4n) is 1.12. The van der Waals surface area contributed by atoms with E-state index in [4.69, 9.17) is 0 Å². The second kappa shape index (κ2) is 3.44. The number of hydrogen-bond donors (Lipinski definition) is 2. The number of carbonyl (C=O) groups is 1. The van der Waals surface area contributed by atoms with Gasteiger partial charge in [0.2, 0.25) is 5.91 Å². The van der Waals surface area contributed by atoms with Gasteiger partial charge in [0.1, 0.15) is 0 Å². The SMILES string of the molecule is CC(C)(O)CNC(=O)C1CCC1. The van der Waals surface area contributed by atoms with Crippen molar-refractivity contribution >= 4 is 5.91 Å². The summed E-state index contributed by atoms with van der Waals surface area (Å²) in [6.07, 6.45) is 3.19. The summed E-state index contributed by atoms with van der Waals surface area (Å²) < 4.78 is 0. The van der Waals surface area contributed by atoms with Crippen molar-refractivity contribution in [1.82, 2.24) is 5.32 Å². The van der Waals surface area contributed by atoms with Gasteiger partial charge in [-0.1, -0.05) is 6.42 Å². The Labute approximate surface area is 73.2 Å². The Hall–Kier alpha value is -0.570. The summed E-state index contributed by atoms with van der Waals surface area (Å²) in [6.45, 7) is 3.73. The van der Waals surface area contributed by atoms with Gasteiger partial charge in [0.05, 0.1) is 5.60 Å². The van der Waals surface area contributed by atoms with Gasteiger partial charge in [0.15, 0.2) is 0 Å². The van der Waals surface area contributed by atoms with Gasteiger partial charge in [-0.2, -0.15) is 0 Å². The van der Waals surface area contributed by atoms with Crippen LogP contribution < -0.4 is 5.32 Å². The Morgan fingerprint density at radius 1 is 1.58 bits per heavy atom. The highest BCUT2D eigenvalue weighted by Crippen LogP contribution is 2.26. The average molecular weight is 171 g/mol. The first-order valence-electron chi connectivity index (χ1n) is 4.49. The van der Waals surface area contributed by atoms with E-state index in [0.717, 1.165) is 12.8 Å². The number of aliphatic hydroxyl groups is 1. The average Bonchev–Trinajstić information content (AvgIpc) is 1.78. The van der Waals surface area contributed by atoms with Crippen LogP contribution in [-0.2, 0) is 4.79 Å². The molecule has 0 saturated heterocycles. The molecule has 12 heavy (non-hydrogen) atoms. The number of carbonyl (C=O) groups excluding carboxylic acids is 1. The van der Waals surface area contributed by atoms with Gasteiger partial charge >= 0.3 is 0 Å². The molecule has 0 aromatic heterocycles. The Morgan fingerprint density at radius 3 is 2.50 bits per heavy atom. The number of rotatable bonds is 3. The molecule has 70 valence electrons. The molecule has 0 bridgehead atoms. The quantitative estimate of drug-likeness (QED) is 0.656. The lowest BCUT2D eigenvalue weighted by Gasteiger charge is -2.26. The van der Waals surface area contributed by atoms with E-state index in [2.05, 4.69) is 5.32 Å². The van der Waals surface area contributed by atoms with E-state index < -0.39 is 5.60 Å². The lowest BCUT2D eigenvalue weighted by atomic mass is 9.85. The molecule has 0 heterocycles. The molecule has 3 nitrogen and oxygen atoms in total. The molecule has 1 aliphatic rings. The van der Waals surface area contributed by atoms with Crippen LogP contribution in [0.3, 0.4) is 0 Å². The maximum Gasteiger partial charge on any atom is 0.223 e. The first-order valence-corrected chi connectivity index (χ1v) is 4.49. The van der Waals surface area contributed by atoms with Crippen LogP contribution in [0.2, 0.25) is 0 Å². The van der Waals surface area contributed by atoms with Gasteiger partial charge in [-0.15, -0.1) is 0 Å². The van der Waals surface area contributed by atoms with Gasteiger partial charge < -0.3 is 10.4 Å². The number of nitrogens with one attached hydrogen (secondary N) is 1. The van der Waals surface area contributed by atoms with Crippen LogP contribution in [0.25, 0.3) is 0 Å². The fourth-order valence-corrected chi connectivity index (χ4v) is 1.12. The van der Waals surface area contributed by atoms with E-state index in [0.29, 0.717) is 6.54 Å². The van der Waals surface area contributed by atoms with Crippen LogP contribution in [-0.4, -0.2) is 23.2 Å². The summed E-state index contributed by atoms with van der Waals surface area (Å²) in [4.78, 5) is 11.2. The molecule has 1 amide bonds. The highest BCUT2D eigenvalue weighted by Gasteiger charge is 2.26. The third kappa shape index (κ3) is 2.81. The lowest BCUT2D eigenvalue weighted by molar-refractivity contribution is -0.128. The first-order chi connectivity index (χ1) is 5.49. The van der Waals surface area contributed by atoms with E-state index in [1.54, 1.807) is 13.8 Å². The minimum absolute atomic E-state index is 0.100. The van der Waals surface area contributed by atoms with E-state index in [9.17, 15) is 9.90 Å². The van der Waals surface area contributed by atoms with Crippen molar-refractivity contribution < 1.29 is 9.90 Å². The van der Waals surface area contributed by atoms with Crippen LogP contribution in [0.5, 0.6) is 0 Å². The lowest BCUT2D eigenvalue weighted by Crippen LogP contribution is -2.42.